The zero-order chi connectivity index (χ0) is 18.7. The first-order valence-corrected chi connectivity index (χ1v) is 9.18. The average molecular weight is 354 g/mol. The fourth-order valence-electron chi connectivity index (χ4n) is 3.27. The lowest BCUT2D eigenvalue weighted by molar-refractivity contribution is 0.0931. The monoisotopic (exact) mass is 354 g/mol. The molecule has 0 atom stereocenters. The summed E-state index contributed by atoms with van der Waals surface area (Å²) in [6.45, 7) is 8.14. The Bertz CT molecular complexity index is 851. The fourth-order valence-corrected chi connectivity index (χ4v) is 3.27. The van der Waals surface area contributed by atoms with Crippen LogP contribution in [0.25, 0.3) is 0 Å². The number of piperidine rings is 1. The van der Waals surface area contributed by atoms with E-state index in [1.165, 1.54) is 10.2 Å². The number of nitrogens with one attached hydrogen (secondary N) is 1. The van der Waals surface area contributed by atoms with Crippen LogP contribution in [-0.4, -0.2) is 34.8 Å². The Morgan fingerprint density at radius 1 is 1.19 bits per heavy atom. The van der Waals surface area contributed by atoms with Crippen molar-refractivity contribution < 1.29 is 4.79 Å². The number of hydrogen-bond donors (Lipinski definition) is 1. The Morgan fingerprint density at radius 3 is 2.54 bits per heavy atom. The molecular weight excluding hydrogens is 328 g/mol. The van der Waals surface area contributed by atoms with Crippen LogP contribution in [0.15, 0.2) is 35.3 Å². The van der Waals surface area contributed by atoms with Crippen molar-refractivity contribution in [1.82, 2.24) is 15.1 Å². The first-order chi connectivity index (χ1) is 12.5. The third kappa shape index (κ3) is 3.95. The molecular formula is C20H26N4O2. The predicted octanol–water partition coefficient (Wildman–Crippen LogP) is 2.28. The number of aryl methyl sites for hydroxylation is 3. The van der Waals surface area contributed by atoms with Crippen molar-refractivity contribution in [1.29, 1.82) is 0 Å². The van der Waals surface area contributed by atoms with Gasteiger partial charge in [-0.1, -0.05) is 6.07 Å². The molecule has 1 fully saturated rings. The zero-order valence-electron chi connectivity index (χ0n) is 15.7. The normalized spacial score (nSPS) is 15.1. The van der Waals surface area contributed by atoms with Crippen molar-refractivity contribution in [3.63, 3.8) is 0 Å². The van der Waals surface area contributed by atoms with Crippen molar-refractivity contribution in [2.24, 2.45) is 0 Å². The van der Waals surface area contributed by atoms with Gasteiger partial charge >= 0.3 is 0 Å². The molecule has 0 aliphatic carbocycles. The Balaban J connectivity index is 1.58. The maximum Gasteiger partial charge on any atom is 0.268 e. The number of carbonyl (C=O) groups excluding carboxylic acids is 1. The summed E-state index contributed by atoms with van der Waals surface area (Å²) >= 11 is 0. The van der Waals surface area contributed by atoms with Gasteiger partial charge in [-0.2, -0.15) is 5.10 Å². The van der Waals surface area contributed by atoms with Gasteiger partial charge in [0.1, 0.15) is 0 Å². The third-order valence-corrected chi connectivity index (χ3v) is 5.12. The molecule has 1 aromatic carbocycles. The molecule has 0 bridgehead atoms. The van der Waals surface area contributed by atoms with Gasteiger partial charge in [-0.05, 0) is 56.9 Å². The van der Waals surface area contributed by atoms with Crippen LogP contribution < -0.4 is 15.8 Å². The number of amides is 1. The second-order valence-electron chi connectivity index (χ2n) is 6.90. The maximum atomic E-state index is 12.5. The highest BCUT2D eigenvalue weighted by Crippen LogP contribution is 2.18. The molecule has 2 heterocycles. The van der Waals surface area contributed by atoms with Crippen LogP contribution in [0.5, 0.6) is 0 Å². The van der Waals surface area contributed by atoms with Crippen LogP contribution in [0.2, 0.25) is 0 Å². The molecule has 2 aromatic rings. The summed E-state index contributed by atoms with van der Waals surface area (Å²) in [6, 6.07) is 7.60. The number of anilines is 1. The van der Waals surface area contributed by atoms with Gasteiger partial charge in [-0.25, -0.2) is 4.68 Å². The van der Waals surface area contributed by atoms with Crippen molar-refractivity contribution in [3.8, 4) is 0 Å². The maximum absolute atomic E-state index is 12.5. The lowest BCUT2D eigenvalue weighted by Crippen LogP contribution is -2.45. The minimum Gasteiger partial charge on any atom is -0.370 e. The second kappa shape index (κ2) is 7.72. The molecule has 0 spiro atoms. The number of carbonyl (C=O) groups is 1. The van der Waals surface area contributed by atoms with Gasteiger partial charge in [0, 0.05) is 37.3 Å². The molecule has 0 radical (unpaired) electrons. The largest absolute Gasteiger partial charge is 0.370 e. The smallest absolute Gasteiger partial charge is 0.268 e. The van der Waals surface area contributed by atoms with E-state index < -0.39 is 0 Å². The molecule has 0 saturated carbocycles. The van der Waals surface area contributed by atoms with E-state index >= 15 is 0 Å². The summed E-state index contributed by atoms with van der Waals surface area (Å²) in [6.07, 6.45) is 3.46. The molecule has 26 heavy (non-hydrogen) atoms. The van der Waals surface area contributed by atoms with Crippen LogP contribution in [-0.2, 0) is 6.54 Å². The lowest BCUT2D eigenvalue weighted by Gasteiger charge is -2.33. The van der Waals surface area contributed by atoms with Gasteiger partial charge in [-0.3, -0.25) is 9.59 Å². The number of nitrogens with zero attached hydrogens (tertiary/aromatic N) is 3. The Kier molecular flexibility index (Phi) is 5.40. The minimum atomic E-state index is -0.0739. The minimum absolute atomic E-state index is 0.0150. The van der Waals surface area contributed by atoms with Crippen molar-refractivity contribution in [3.05, 3.63) is 57.5 Å². The van der Waals surface area contributed by atoms with Crippen LogP contribution >= 0.6 is 0 Å². The van der Waals surface area contributed by atoms with Gasteiger partial charge in [0.05, 0.1) is 11.9 Å². The number of benzene rings is 1. The van der Waals surface area contributed by atoms with E-state index in [4.69, 9.17) is 0 Å². The summed E-state index contributed by atoms with van der Waals surface area (Å²) in [5.74, 6) is -0.0150. The highest BCUT2D eigenvalue weighted by atomic mass is 16.1. The van der Waals surface area contributed by atoms with E-state index in [1.807, 2.05) is 39.0 Å². The predicted molar refractivity (Wildman–Crippen MR) is 103 cm³/mol. The van der Waals surface area contributed by atoms with Crippen molar-refractivity contribution in [2.75, 3.05) is 18.0 Å². The van der Waals surface area contributed by atoms with E-state index in [2.05, 4.69) is 15.3 Å². The van der Waals surface area contributed by atoms with Gasteiger partial charge in [0.25, 0.3) is 11.5 Å². The topological polar surface area (TPSA) is 67.2 Å². The zero-order valence-corrected chi connectivity index (χ0v) is 15.7. The molecule has 1 aromatic heterocycles. The quantitative estimate of drug-likeness (QED) is 0.915. The molecule has 1 N–H and O–H groups in total. The Labute approximate surface area is 153 Å². The summed E-state index contributed by atoms with van der Waals surface area (Å²) in [5.41, 5.74) is 3.81. The highest BCUT2D eigenvalue weighted by Gasteiger charge is 2.22. The first-order valence-electron chi connectivity index (χ1n) is 9.18. The molecule has 1 aliphatic rings. The molecule has 138 valence electrons. The van der Waals surface area contributed by atoms with Crippen LogP contribution in [0.1, 0.15) is 41.3 Å². The Morgan fingerprint density at radius 2 is 1.92 bits per heavy atom. The number of hydrogen-bond acceptors (Lipinski definition) is 4. The van der Waals surface area contributed by atoms with Crippen LogP contribution in [0.4, 0.5) is 5.69 Å². The lowest BCUT2D eigenvalue weighted by atomic mass is 10.0. The summed E-state index contributed by atoms with van der Waals surface area (Å²) in [7, 11) is 0. The summed E-state index contributed by atoms with van der Waals surface area (Å²) in [4.78, 5) is 26.6. The van der Waals surface area contributed by atoms with Gasteiger partial charge in [-0.15, -0.1) is 0 Å². The summed E-state index contributed by atoms with van der Waals surface area (Å²) < 4.78 is 1.44. The van der Waals surface area contributed by atoms with Crippen molar-refractivity contribution in [2.45, 2.75) is 46.2 Å². The van der Waals surface area contributed by atoms with E-state index in [-0.39, 0.29) is 17.5 Å². The van der Waals surface area contributed by atoms with Crippen molar-refractivity contribution >= 4 is 11.6 Å². The van der Waals surface area contributed by atoms with E-state index in [0.29, 0.717) is 12.1 Å². The highest BCUT2D eigenvalue weighted by molar-refractivity contribution is 5.94. The second-order valence-corrected chi connectivity index (χ2v) is 6.90. The van der Waals surface area contributed by atoms with Crippen LogP contribution in [0, 0.1) is 13.8 Å². The SMILES string of the molecule is CCn1ncc(N2CCC(NC(=O)c3ccc(C)c(C)c3)CC2)cc1=O. The standard InChI is InChI=1S/C20H26N4O2/c1-4-24-19(25)12-18(13-21-24)23-9-7-17(8-10-23)22-20(26)16-6-5-14(2)15(3)11-16/h5-6,11-13,17H,4,7-10H2,1-3H3,(H,22,26). The molecule has 1 aliphatic heterocycles. The van der Waals surface area contributed by atoms with Crippen LogP contribution in [0.3, 0.4) is 0 Å². The molecule has 1 amide bonds. The van der Waals surface area contributed by atoms with Gasteiger partial charge in [0.2, 0.25) is 0 Å². The molecule has 3 rings (SSSR count). The van der Waals surface area contributed by atoms with E-state index in [9.17, 15) is 9.59 Å². The first kappa shape index (κ1) is 18.2. The number of aromatic nitrogens is 2. The fraction of sp³-hybridized carbons (Fsp3) is 0.450. The average Bonchev–Trinajstić information content (AvgIpc) is 2.64. The number of rotatable bonds is 4. The summed E-state index contributed by atoms with van der Waals surface area (Å²) in [5, 5.41) is 7.32. The molecule has 0 unspecified atom stereocenters. The molecule has 6 heteroatoms. The van der Waals surface area contributed by atoms with E-state index in [0.717, 1.165) is 37.2 Å². The van der Waals surface area contributed by atoms with Gasteiger partial charge < -0.3 is 10.2 Å². The Hall–Kier alpha value is -2.63. The van der Waals surface area contributed by atoms with Gasteiger partial charge in [0.15, 0.2) is 0 Å². The van der Waals surface area contributed by atoms with E-state index in [1.54, 1.807) is 12.3 Å². The third-order valence-electron chi connectivity index (χ3n) is 5.12. The molecule has 6 nitrogen and oxygen atoms in total. The molecule has 1 saturated heterocycles.